The molecule has 1 aromatic carbocycles. The van der Waals surface area contributed by atoms with Crippen LogP contribution in [0.1, 0.15) is 34.6 Å². The molecule has 3 rings (SSSR count). The molecule has 2 heterocycles. The Hall–Kier alpha value is -1.94. The SMILES string of the molecule is Cc1ccc(Cc2c(C)nc(C)nc2N2CCCNCC2)cc1. The minimum atomic E-state index is 0.863. The van der Waals surface area contributed by atoms with Gasteiger partial charge in [0.15, 0.2) is 0 Å². The van der Waals surface area contributed by atoms with E-state index in [1.807, 2.05) is 6.92 Å². The highest BCUT2D eigenvalue weighted by atomic mass is 15.2. The molecule has 4 heteroatoms. The van der Waals surface area contributed by atoms with Gasteiger partial charge in [0, 0.05) is 37.3 Å². The summed E-state index contributed by atoms with van der Waals surface area (Å²) >= 11 is 0. The molecular formula is C19H26N4. The molecular weight excluding hydrogens is 284 g/mol. The van der Waals surface area contributed by atoms with Crippen LogP contribution in [0, 0.1) is 20.8 Å². The molecule has 1 aromatic heterocycles. The molecule has 0 unspecified atom stereocenters. The topological polar surface area (TPSA) is 41.1 Å². The molecule has 1 aliphatic heterocycles. The molecule has 0 bridgehead atoms. The Morgan fingerprint density at radius 3 is 2.57 bits per heavy atom. The van der Waals surface area contributed by atoms with E-state index in [-0.39, 0.29) is 0 Å². The molecule has 1 saturated heterocycles. The Morgan fingerprint density at radius 2 is 1.78 bits per heavy atom. The van der Waals surface area contributed by atoms with Crippen LogP contribution in [0.2, 0.25) is 0 Å². The maximum Gasteiger partial charge on any atom is 0.136 e. The third-order valence-electron chi connectivity index (χ3n) is 4.44. The van der Waals surface area contributed by atoms with Crippen LogP contribution in [-0.4, -0.2) is 36.1 Å². The van der Waals surface area contributed by atoms with Crippen molar-refractivity contribution in [2.45, 2.75) is 33.6 Å². The molecule has 23 heavy (non-hydrogen) atoms. The largest absolute Gasteiger partial charge is 0.355 e. The second kappa shape index (κ2) is 7.09. The fourth-order valence-electron chi connectivity index (χ4n) is 3.15. The number of aromatic nitrogens is 2. The Kier molecular flexibility index (Phi) is 4.91. The fourth-order valence-corrected chi connectivity index (χ4v) is 3.15. The van der Waals surface area contributed by atoms with Crippen LogP contribution in [0.4, 0.5) is 5.82 Å². The minimum absolute atomic E-state index is 0.863. The number of anilines is 1. The number of hydrogen-bond donors (Lipinski definition) is 1. The summed E-state index contributed by atoms with van der Waals surface area (Å²) in [6.45, 7) is 10.4. The van der Waals surface area contributed by atoms with Crippen molar-refractivity contribution in [3.8, 4) is 0 Å². The van der Waals surface area contributed by atoms with Crippen molar-refractivity contribution in [1.82, 2.24) is 15.3 Å². The van der Waals surface area contributed by atoms with Gasteiger partial charge in [0.05, 0.1) is 0 Å². The van der Waals surface area contributed by atoms with E-state index in [9.17, 15) is 0 Å². The van der Waals surface area contributed by atoms with E-state index < -0.39 is 0 Å². The summed E-state index contributed by atoms with van der Waals surface area (Å²) in [6.07, 6.45) is 2.05. The van der Waals surface area contributed by atoms with Crippen LogP contribution in [0.5, 0.6) is 0 Å². The minimum Gasteiger partial charge on any atom is -0.355 e. The quantitative estimate of drug-likeness (QED) is 0.946. The lowest BCUT2D eigenvalue weighted by molar-refractivity contribution is 0.724. The number of aryl methyl sites for hydroxylation is 3. The Morgan fingerprint density at radius 1 is 1.00 bits per heavy atom. The summed E-state index contributed by atoms with van der Waals surface area (Å²) in [6, 6.07) is 8.77. The number of nitrogens with one attached hydrogen (secondary N) is 1. The summed E-state index contributed by atoms with van der Waals surface area (Å²) in [4.78, 5) is 11.8. The van der Waals surface area contributed by atoms with Gasteiger partial charge in [-0.2, -0.15) is 0 Å². The lowest BCUT2D eigenvalue weighted by Crippen LogP contribution is -2.30. The number of rotatable bonds is 3. The summed E-state index contributed by atoms with van der Waals surface area (Å²) in [5, 5.41) is 3.47. The molecule has 2 aromatic rings. The maximum atomic E-state index is 4.80. The van der Waals surface area contributed by atoms with Crippen LogP contribution in [0.25, 0.3) is 0 Å². The highest BCUT2D eigenvalue weighted by molar-refractivity contribution is 5.51. The highest BCUT2D eigenvalue weighted by Gasteiger charge is 2.18. The van der Waals surface area contributed by atoms with Crippen LogP contribution in [0.3, 0.4) is 0 Å². The Balaban J connectivity index is 1.95. The monoisotopic (exact) mass is 310 g/mol. The van der Waals surface area contributed by atoms with Crippen molar-refractivity contribution in [2.24, 2.45) is 0 Å². The first-order chi connectivity index (χ1) is 11.1. The molecule has 0 aliphatic carbocycles. The van der Waals surface area contributed by atoms with Crippen molar-refractivity contribution < 1.29 is 0 Å². The third kappa shape index (κ3) is 3.88. The van der Waals surface area contributed by atoms with E-state index in [0.717, 1.165) is 56.4 Å². The predicted octanol–water partition coefficient (Wildman–Crippen LogP) is 2.79. The van der Waals surface area contributed by atoms with Gasteiger partial charge in [-0.1, -0.05) is 29.8 Å². The predicted molar refractivity (Wildman–Crippen MR) is 95.2 cm³/mol. The third-order valence-corrected chi connectivity index (χ3v) is 4.44. The first-order valence-electron chi connectivity index (χ1n) is 8.49. The van der Waals surface area contributed by atoms with E-state index in [4.69, 9.17) is 4.98 Å². The van der Waals surface area contributed by atoms with Crippen LogP contribution < -0.4 is 10.2 Å². The number of hydrogen-bond acceptors (Lipinski definition) is 4. The molecule has 0 atom stereocenters. The molecule has 1 aliphatic rings. The van der Waals surface area contributed by atoms with Crippen LogP contribution in [-0.2, 0) is 6.42 Å². The Labute approximate surface area is 139 Å². The van der Waals surface area contributed by atoms with Crippen LogP contribution in [0.15, 0.2) is 24.3 Å². The number of nitrogens with zero attached hydrogens (tertiary/aromatic N) is 3. The van der Waals surface area contributed by atoms with Crippen molar-refractivity contribution in [2.75, 3.05) is 31.1 Å². The lowest BCUT2D eigenvalue weighted by atomic mass is 10.0. The zero-order chi connectivity index (χ0) is 16.2. The normalized spacial score (nSPS) is 15.5. The smallest absolute Gasteiger partial charge is 0.136 e. The van der Waals surface area contributed by atoms with Gasteiger partial charge in [-0.15, -0.1) is 0 Å². The zero-order valence-electron chi connectivity index (χ0n) is 14.4. The molecule has 0 saturated carbocycles. The van der Waals surface area contributed by atoms with Gasteiger partial charge in [0.25, 0.3) is 0 Å². The van der Waals surface area contributed by atoms with Crippen molar-refractivity contribution in [3.05, 3.63) is 52.5 Å². The van der Waals surface area contributed by atoms with Crippen molar-refractivity contribution in [1.29, 1.82) is 0 Å². The average Bonchev–Trinajstić information content (AvgIpc) is 2.81. The lowest BCUT2D eigenvalue weighted by Gasteiger charge is -2.25. The Bertz CT molecular complexity index is 656. The standard InChI is InChI=1S/C19H26N4/c1-14-5-7-17(8-6-14)13-18-15(2)21-16(3)22-19(18)23-11-4-9-20-10-12-23/h5-8,20H,4,9-13H2,1-3H3. The van der Waals surface area contributed by atoms with Crippen molar-refractivity contribution in [3.63, 3.8) is 0 Å². The molecule has 122 valence electrons. The van der Waals surface area contributed by atoms with E-state index in [1.165, 1.54) is 16.7 Å². The van der Waals surface area contributed by atoms with E-state index in [1.54, 1.807) is 0 Å². The summed E-state index contributed by atoms with van der Waals surface area (Å²) in [7, 11) is 0. The summed E-state index contributed by atoms with van der Waals surface area (Å²) in [5.74, 6) is 1.99. The van der Waals surface area contributed by atoms with Gasteiger partial charge < -0.3 is 10.2 Å². The zero-order valence-corrected chi connectivity index (χ0v) is 14.4. The van der Waals surface area contributed by atoms with Gasteiger partial charge in [-0.05, 0) is 39.3 Å². The van der Waals surface area contributed by atoms with Crippen LogP contribution >= 0.6 is 0 Å². The van der Waals surface area contributed by atoms with E-state index >= 15 is 0 Å². The summed E-state index contributed by atoms with van der Waals surface area (Å²) in [5.41, 5.74) is 4.98. The molecule has 1 fully saturated rings. The first kappa shape index (κ1) is 15.9. The maximum absolute atomic E-state index is 4.80. The average molecular weight is 310 g/mol. The second-order valence-electron chi connectivity index (χ2n) is 6.41. The van der Waals surface area contributed by atoms with E-state index in [0.29, 0.717) is 0 Å². The fraction of sp³-hybridized carbons (Fsp3) is 0.474. The molecule has 0 radical (unpaired) electrons. The second-order valence-corrected chi connectivity index (χ2v) is 6.41. The van der Waals surface area contributed by atoms with Gasteiger partial charge in [-0.3, -0.25) is 0 Å². The molecule has 0 amide bonds. The van der Waals surface area contributed by atoms with E-state index in [2.05, 4.69) is 53.3 Å². The molecule has 1 N–H and O–H groups in total. The number of benzene rings is 1. The first-order valence-corrected chi connectivity index (χ1v) is 8.49. The van der Waals surface area contributed by atoms with Gasteiger partial charge in [-0.25, -0.2) is 9.97 Å². The summed E-state index contributed by atoms with van der Waals surface area (Å²) < 4.78 is 0. The van der Waals surface area contributed by atoms with Gasteiger partial charge >= 0.3 is 0 Å². The van der Waals surface area contributed by atoms with Crippen molar-refractivity contribution >= 4 is 5.82 Å². The van der Waals surface area contributed by atoms with Gasteiger partial charge in [0.1, 0.15) is 11.6 Å². The van der Waals surface area contributed by atoms with Gasteiger partial charge in [0.2, 0.25) is 0 Å². The molecule has 4 nitrogen and oxygen atoms in total. The highest BCUT2D eigenvalue weighted by Crippen LogP contribution is 2.24. The molecule has 0 spiro atoms.